The van der Waals surface area contributed by atoms with Crippen LogP contribution in [0.1, 0.15) is 23.6 Å². The molecule has 0 bridgehead atoms. The lowest BCUT2D eigenvalue weighted by Crippen LogP contribution is -2.06. The van der Waals surface area contributed by atoms with Crippen molar-refractivity contribution in [3.8, 4) is 16.9 Å². The Balaban J connectivity index is 1.78. The molecule has 2 heterocycles. The van der Waals surface area contributed by atoms with E-state index in [1.165, 1.54) is 6.92 Å². The van der Waals surface area contributed by atoms with Gasteiger partial charge in [0.05, 0.1) is 12.8 Å². The minimum absolute atomic E-state index is 0.153. The maximum atomic E-state index is 12.6. The van der Waals surface area contributed by atoms with Gasteiger partial charge in [0.1, 0.15) is 5.75 Å². The largest absolute Gasteiger partial charge is 0.496 e. The summed E-state index contributed by atoms with van der Waals surface area (Å²) in [6, 6.07) is 11.5. The molecule has 4 rings (SSSR count). The predicted molar refractivity (Wildman–Crippen MR) is 118 cm³/mol. The quantitative estimate of drug-likeness (QED) is 0.589. The van der Waals surface area contributed by atoms with Crippen LogP contribution in [0.4, 0.5) is 11.4 Å². The third kappa shape index (κ3) is 3.67. The van der Waals surface area contributed by atoms with Gasteiger partial charge in [-0.3, -0.25) is 9.59 Å². The van der Waals surface area contributed by atoms with Crippen molar-refractivity contribution >= 4 is 46.2 Å². The van der Waals surface area contributed by atoms with Gasteiger partial charge >= 0.3 is 0 Å². The molecule has 0 atom stereocenters. The molecule has 0 unspecified atom stereocenters. The van der Waals surface area contributed by atoms with Crippen molar-refractivity contribution in [2.24, 2.45) is 0 Å². The van der Waals surface area contributed by atoms with Crippen LogP contribution in [-0.4, -0.2) is 18.9 Å². The number of carbonyl (C=O) groups is 2. The lowest BCUT2D eigenvalue weighted by Gasteiger charge is -2.12. The number of rotatable bonds is 4. The SMILES string of the molecule is COc1cc(C)c(/C=C2/C(=O)Nc3cc(NC(C)=O)ccc32)cc1-c1ccsc1. The van der Waals surface area contributed by atoms with E-state index in [0.29, 0.717) is 16.9 Å². The number of benzene rings is 2. The number of hydrogen-bond acceptors (Lipinski definition) is 4. The van der Waals surface area contributed by atoms with Crippen molar-refractivity contribution in [3.05, 3.63) is 63.8 Å². The molecule has 2 amide bonds. The van der Waals surface area contributed by atoms with Crippen LogP contribution in [0.15, 0.2) is 47.2 Å². The van der Waals surface area contributed by atoms with E-state index in [2.05, 4.69) is 28.1 Å². The zero-order valence-corrected chi connectivity index (χ0v) is 17.1. The molecule has 1 aliphatic heterocycles. The van der Waals surface area contributed by atoms with Crippen molar-refractivity contribution in [1.82, 2.24) is 0 Å². The molecule has 5 nitrogen and oxygen atoms in total. The Morgan fingerprint density at radius 1 is 1.17 bits per heavy atom. The molecule has 0 radical (unpaired) electrons. The summed E-state index contributed by atoms with van der Waals surface area (Å²) in [5.74, 6) is 0.492. The van der Waals surface area contributed by atoms with Crippen molar-refractivity contribution in [2.75, 3.05) is 17.7 Å². The first kappa shape index (κ1) is 19.0. The van der Waals surface area contributed by atoms with E-state index in [9.17, 15) is 9.59 Å². The monoisotopic (exact) mass is 404 g/mol. The average Bonchev–Trinajstić information content (AvgIpc) is 3.30. The number of ether oxygens (including phenoxy) is 1. The van der Waals surface area contributed by atoms with Crippen molar-refractivity contribution in [3.63, 3.8) is 0 Å². The number of methoxy groups -OCH3 is 1. The van der Waals surface area contributed by atoms with Crippen molar-refractivity contribution in [2.45, 2.75) is 13.8 Å². The third-order valence-electron chi connectivity index (χ3n) is 4.84. The molecule has 3 aromatic rings. The molecular weight excluding hydrogens is 384 g/mol. The molecule has 2 aromatic carbocycles. The van der Waals surface area contributed by atoms with E-state index in [0.717, 1.165) is 33.6 Å². The van der Waals surface area contributed by atoms with Crippen LogP contribution >= 0.6 is 11.3 Å². The fraction of sp³-hybridized carbons (Fsp3) is 0.130. The molecule has 29 heavy (non-hydrogen) atoms. The Hall–Kier alpha value is -3.38. The summed E-state index contributed by atoms with van der Waals surface area (Å²) >= 11 is 1.63. The Morgan fingerprint density at radius 3 is 2.69 bits per heavy atom. The van der Waals surface area contributed by atoms with Crippen LogP contribution in [0.5, 0.6) is 5.75 Å². The minimum Gasteiger partial charge on any atom is -0.496 e. The zero-order valence-electron chi connectivity index (χ0n) is 16.3. The first-order chi connectivity index (χ1) is 14.0. The highest BCUT2D eigenvalue weighted by Gasteiger charge is 2.25. The number of thiophene rings is 1. The molecule has 0 aliphatic carbocycles. The molecule has 146 valence electrons. The summed E-state index contributed by atoms with van der Waals surface area (Å²) in [6.07, 6.45) is 1.91. The van der Waals surface area contributed by atoms with E-state index >= 15 is 0 Å². The highest BCUT2D eigenvalue weighted by atomic mass is 32.1. The summed E-state index contributed by atoms with van der Waals surface area (Å²) in [7, 11) is 1.66. The van der Waals surface area contributed by atoms with Gasteiger partial charge in [-0.05, 0) is 70.8 Å². The first-order valence-electron chi connectivity index (χ1n) is 9.12. The van der Waals surface area contributed by atoms with E-state index in [-0.39, 0.29) is 11.8 Å². The minimum atomic E-state index is -0.160. The van der Waals surface area contributed by atoms with Crippen LogP contribution in [0.2, 0.25) is 0 Å². The van der Waals surface area contributed by atoms with Gasteiger partial charge in [-0.1, -0.05) is 6.07 Å². The maximum absolute atomic E-state index is 12.6. The van der Waals surface area contributed by atoms with Crippen LogP contribution in [0.3, 0.4) is 0 Å². The predicted octanol–water partition coefficient (Wildman–Crippen LogP) is 5.18. The summed E-state index contributed by atoms with van der Waals surface area (Å²) in [6.45, 7) is 3.45. The smallest absolute Gasteiger partial charge is 0.256 e. The molecule has 2 N–H and O–H groups in total. The topological polar surface area (TPSA) is 67.4 Å². The average molecular weight is 404 g/mol. The molecule has 0 spiro atoms. The van der Waals surface area contributed by atoms with Crippen LogP contribution in [0, 0.1) is 6.92 Å². The summed E-state index contributed by atoms with van der Waals surface area (Å²) in [5.41, 5.74) is 6.80. The highest BCUT2D eigenvalue weighted by Crippen LogP contribution is 2.38. The second-order valence-corrected chi connectivity index (χ2v) is 7.65. The standard InChI is InChI=1S/C23H20N2O3S/c1-13-8-22(28-3)19(15-6-7-29-12-15)9-16(13)10-20-18-5-4-17(24-14(2)26)11-21(18)25-23(20)27/h4-12H,1-3H3,(H,24,26)(H,25,27)/b20-10+. The maximum Gasteiger partial charge on any atom is 0.256 e. The van der Waals surface area contributed by atoms with Crippen LogP contribution in [-0.2, 0) is 9.59 Å². The second kappa shape index (κ2) is 7.56. The van der Waals surface area contributed by atoms with Crippen molar-refractivity contribution < 1.29 is 14.3 Å². The highest BCUT2D eigenvalue weighted by molar-refractivity contribution is 7.08. The second-order valence-electron chi connectivity index (χ2n) is 6.87. The molecule has 0 saturated carbocycles. The van der Waals surface area contributed by atoms with Gasteiger partial charge in [-0.2, -0.15) is 11.3 Å². The van der Waals surface area contributed by atoms with Gasteiger partial charge in [0, 0.05) is 29.3 Å². The number of anilines is 2. The van der Waals surface area contributed by atoms with Crippen LogP contribution in [0.25, 0.3) is 22.8 Å². The van der Waals surface area contributed by atoms with Gasteiger partial charge in [0.15, 0.2) is 0 Å². The number of hydrogen-bond donors (Lipinski definition) is 2. The van der Waals surface area contributed by atoms with E-state index in [1.54, 1.807) is 30.6 Å². The number of fused-ring (bicyclic) bond motifs is 1. The van der Waals surface area contributed by atoms with E-state index in [4.69, 9.17) is 4.74 Å². The Bertz CT molecular complexity index is 1150. The third-order valence-corrected chi connectivity index (χ3v) is 5.53. The van der Waals surface area contributed by atoms with Crippen molar-refractivity contribution in [1.29, 1.82) is 0 Å². The Labute approximate surface area is 173 Å². The van der Waals surface area contributed by atoms with Gasteiger partial charge in [-0.15, -0.1) is 0 Å². The first-order valence-corrected chi connectivity index (χ1v) is 10.1. The zero-order chi connectivity index (χ0) is 20.5. The molecule has 0 fully saturated rings. The van der Waals surface area contributed by atoms with Gasteiger partial charge in [0.25, 0.3) is 5.91 Å². The number of nitrogens with one attached hydrogen (secondary N) is 2. The van der Waals surface area contributed by atoms with Gasteiger partial charge in [0.2, 0.25) is 5.91 Å². The van der Waals surface area contributed by atoms with E-state index in [1.807, 2.05) is 30.5 Å². The fourth-order valence-corrected chi connectivity index (χ4v) is 4.10. The summed E-state index contributed by atoms with van der Waals surface area (Å²) in [4.78, 5) is 23.9. The summed E-state index contributed by atoms with van der Waals surface area (Å²) < 4.78 is 5.57. The molecule has 0 saturated heterocycles. The van der Waals surface area contributed by atoms with E-state index < -0.39 is 0 Å². The molecule has 1 aliphatic rings. The summed E-state index contributed by atoms with van der Waals surface area (Å²) in [5, 5.41) is 9.72. The lowest BCUT2D eigenvalue weighted by atomic mass is 9.97. The lowest BCUT2D eigenvalue weighted by molar-refractivity contribution is -0.114. The fourth-order valence-electron chi connectivity index (χ4n) is 3.44. The van der Waals surface area contributed by atoms with Gasteiger partial charge < -0.3 is 15.4 Å². The molecular formula is C23H20N2O3S. The molecule has 1 aromatic heterocycles. The Morgan fingerprint density at radius 2 is 2.00 bits per heavy atom. The number of amides is 2. The molecule has 6 heteroatoms. The Kier molecular flexibility index (Phi) is 4.94. The number of carbonyl (C=O) groups excluding carboxylic acids is 2. The van der Waals surface area contributed by atoms with Crippen LogP contribution < -0.4 is 15.4 Å². The van der Waals surface area contributed by atoms with Gasteiger partial charge in [-0.25, -0.2) is 0 Å². The normalized spacial score (nSPS) is 13.9. The number of aryl methyl sites for hydroxylation is 1.